The molecule has 0 heterocycles. The number of alkyl halides is 2. The lowest BCUT2D eigenvalue weighted by Gasteiger charge is -2.63. The molecule has 0 aromatic heterocycles. The molecule has 45 heavy (non-hydrogen) atoms. The molecule has 0 spiro atoms. The molecule has 1 aromatic rings. The Morgan fingerprint density at radius 1 is 1.11 bits per heavy atom. The maximum absolute atomic E-state index is 17.7. The Morgan fingerprint density at radius 2 is 1.82 bits per heavy atom. The fourth-order valence-electron chi connectivity index (χ4n) is 9.14. The third-order valence-electron chi connectivity index (χ3n) is 11.7. The van der Waals surface area contributed by atoms with Crippen LogP contribution in [0.3, 0.4) is 0 Å². The number of allylic oxidation sites excluding steroid dienone is 4. The summed E-state index contributed by atoms with van der Waals surface area (Å²) in [5.41, 5.74) is -7.69. The van der Waals surface area contributed by atoms with Gasteiger partial charge in [-0.25, -0.2) is 17.6 Å². The first kappa shape index (κ1) is 32.2. The van der Waals surface area contributed by atoms with Crippen molar-refractivity contribution in [3.05, 3.63) is 59.2 Å². The summed E-state index contributed by atoms with van der Waals surface area (Å²) < 4.78 is 67.5. The first-order valence-corrected chi connectivity index (χ1v) is 16.4. The molecule has 6 rings (SSSR count). The van der Waals surface area contributed by atoms with Crippen LogP contribution in [0.15, 0.2) is 42.0 Å². The van der Waals surface area contributed by atoms with Crippen LogP contribution < -0.4 is 0 Å². The molecule has 4 saturated carbocycles. The van der Waals surface area contributed by atoms with Crippen molar-refractivity contribution in [3.63, 3.8) is 0 Å². The standard InChI is InChI=1S/C34H36F4O6S/c1-17-11-22-23-14-26(37)24-13-20(39)9-10-31(24,2)33(23,38)28(41)15-32(22,3)34(17,44-29(42)18-5-4-6-18)30(43)45-16-27(40)21-8-7-19(35)12-25(21)36/h7-10,12-13,17-18,22-23,26,28,41H,4-6,11,14-16H2,1-3H3/t17-,22+,23+,26+,28+,31+,32+,33+,34+/m1/s1. The van der Waals surface area contributed by atoms with E-state index >= 15 is 8.78 Å². The number of carbonyl (C=O) groups is 4. The molecule has 0 radical (unpaired) electrons. The van der Waals surface area contributed by atoms with Crippen molar-refractivity contribution < 1.29 is 46.6 Å². The summed E-state index contributed by atoms with van der Waals surface area (Å²) in [6.07, 6.45) is 1.73. The molecule has 1 N–H and O–H groups in total. The van der Waals surface area contributed by atoms with E-state index in [-0.39, 0.29) is 24.8 Å². The highest BCUT2D eigenvalue weighted by Crippen LogP contribution is 2.72. The van der Waals surface area contributed by atoms with E-state index in [2.05, 4.69) is 0 Å². The summed E-state index contributed by atoms with van der Waals surface area (Å²) in [6.45, 7) is 4.85. The van der Waals surface area contributed by atoms with E-state index in [1.54, 1.807) is 13.8 Å². The van der Waals surface area contributed by atoms with Crippen LogP contribution in [0.2, 0.25) is 0 Å². The van der Waals surface area contributed by atoms with Gasteiger partial charge in [-0.15, -0.1) is 0 Å². The Kier molecular flexibility index (Phi) is 7.79. The summed E-state index contributed by atoms with van der Waals surface area (Å²) >= 11 is 0.540. The van der Waals surface area contributed by atoms with Crippen LogP contribution in [0.1, 0.15) is 69.7 Å². The van der Waals surface area contributed by atoms with Crippen molar-refractivity contribution in [1.29, 1.82) is 0 Å². The van der Waals surface area contributed by atoms with Gasteiger partial charge < -0.3 is 9.84 Å². The minimum atomic E-state index is -2.39. The zero-order chi connectivity index (χ0) is 32.7. The second kappa shape index (κ2) is 10.9. The summed E-state index contributed by atoms with van der Waals surface area (Å²) in [7, 11) is 0. The minimum Gasteiger partial charge on any atom is -0.449 e. The maximum Gasteiger partial charge on any atom is 0.309 e. The molecule has 0 bridgehead atoms. The van der Waals surface area contributed by atoms with Gasteiger partial charge in [-0.05, 0) is 74.8 Å². The number of ketones is 2. The Bertz CT molecular complexity index is 1540. The fraction of sp³-hybridized carbons (Fsp3) is 0.588. The predicted octanol–water partition coefficient (Wildman–Crippen LogP) is 6.05. The van der Waals surface area contributed by atoms with Gasteiger partial charge in [0, 0.05) is 28.7 Å². The zero-order valence-corrected chi connectivity index (χ0v) is 26.1. The normalized spacial score (nSPS) is 40.5. The van der Waals surface area contributed by atoms with Gasteiger partial charge in [-0.2, -0.15) is 0 Å². The first-order chi connectivity index (χ1) is 21.1. The van der Waals surface area contributed by atoms with E-state index in [9.17, 15) is 33.1 Å². The van der Waals surface area contributed by atoms with Crippen molar-refractivity contribution >= 4 is 34.4 Å². The monoisotopic (exact) mass is 648 g/mol. The lowest BCUT2D eigenvalue weighted by atomic mass is 9.44. The molecule has 5 aliphatic rings. The largest absolute Gasteiger partial charge is 0.449 e. The lowest BCUT2D eigenvalue weighted by molar-refractivity contribution is -0.230. The number of halogens is 4. The van der Waals surface area contributed by atoms with Crippen LogP contribution in [0, 0.1) is 46.1 Å². The van der Waals surface area contributed by atoms with Gasteiger partial charge in [0.05, 0.1) is 23.3 Å². The number of carbonyl (C=O) groups excluding carboxylic acids is 4. The average Bonchev–Trinajstić information content (AvgIpc) is 3.15. The van der Waals surface area contributed by atoms with Gasteiger partial charge in [-0.3, -0.25) is 19.2 Å². The Morgan fingerprint density at radius 3 is 2.47 bits per heavy atom. The first-order valence-electron chi connectivity index (χ1n) is 15.4. The van der Waals surface area contributed by atoms with E-state index in [0.717, 1.165) is 24.6 Å². The number of Topliss-reactive ketones (excluding diaryl/α,β-unsaturated/α-hetero) is 1. The molecule has 6 nitrogen and oxygen atoms in total. The molecule has 0 unspecified atom stereocenters. The topological polar surface area (TPSA) is 97.7 Å². The summed E-state index contributed by atoms with van der Waals surface area (Å²) in [5.74, 6) is -7.24. The van der Waals surface area contributed by atoms with E-state index in [4.69, 9.17) is 4.74 Å². The minimum absolute atomic E-state index is 0.0247. The second-order valence-corrected chi connectivity index (χ2v) is 14.9. The van der Waals surface area contributed by atoms with Gasteiger partial charge in [-0.1, -0.05) is 38.1 Å². The lowest BCUT2D eigenvalue weighted by Crippen LogP contribution is -2.70. The van der Waals surface area contributed by atoms with Gasteiger partial charge in [0.25, 0.3) is 0 Å². The molecule has 5 aliphatic carbocycles. The van der Waals surface area contributed by atoms with Gasteiger partial charge in [0.15, 0.2) is 22.8 Å². The van der Waals surface area contributed by atoms with Crippen LogP contribution in [0.25, 0.3) is 0 Å². The molecular formula is C34H36F4O6S. The molecule has 1 aromatic carbocycles. The highest BCUT2D eigenvalue weighted by molar-refractivity contribution is 8.14. The number of esters is 1. The van der Waals surface area contributed by atoms with Crippen LogP contribution in [0.5, 0.6) is 0 Å². The molecule has 0 saturated heterocycles. The molecule has 11 heteroatoms. The number of aliphatic hydroxyl groups excluding tert-OH is 1. The fourth-order valence-corrected chi connectivity index (χ4v) is 10.2. The number of fused-ring (bicyclic) bond motifs is 5. The molecule has 242 valence electrons. The van der Waals surface area contributed by atoms with Crippen LogP contribution >= 0.6 is 11.8 Å². The van der Waals surface area contributed by atoms with Crippen molar-refractivity contribution in [2.75, 3.05) is 5.75 Å². The van der Waals surface area contributed by atoms with Crippen molar-refractivity contribution in [2.45, 2.75) is 82.8 Å². The highest BCUT2D eigenvalue weighted by Gasteiger charge is 2.78. The smallest absolute Gasteiger partial charge is 0.309 e. The third kappa shape index (κ3) is 4.46. The van der Waals surface area contributed by atoms with Crippen molar-refractivity contribution in [2.24, 2.45) is 34.5 Å². The molecule has 0 amide bonds. The van der Waals surface area contributed by atoms with Gasteiger partial charge in [0.1, 0.15) is 17.8 Å². The summed E-state index contributed by atoms with van der Waals surface area (Å²) in [4.78, 5) is 52.9. The summed E-state index contributed by atoms with van der Waals surface area (Å²) in [5, 5.41) is 11.0. The number of rotatable bonds is 6. The molecule has 0 aliphatic heterocycles. The second-order valence-electron chi connectivity index (χ2n) is 13.9. The molecule has 4 fully saturated rings. The van der Waals surface area contributed by atoms with Crippen molar-refractivity contribution in [3.8, 4) is 0 Å². The van der Waals surface area contributed by atoms with E-state index < -0.39 is 104 Å². The quantitative estimate of drug-likeness (QED) is 0.228. The number of thioether (sulfide) groups is 1. The SMILES string of the molecule is C[C@@H]1C[C@H]2[C@@H]3C[C@H](F)C4=CC(=O)C=C[C@]4(C)[C@@]3(F)[C@@H](O)C[C@]2(C)[C@@]1(OC(=O)C1CCC1)C(=O)SCC(=O)c1ccc(F)cc1F. The summed E-state index contributed by atoms with van der Waals surface area (Å²) in [6, 6.07) is 2.49. The Balaban J connectivity index is 1.38. The number of benzene rings is 1. The number of aliphatic hydroxyl groups is 1. The average molecular weight is 649 g/mol. The number of hydrogen-bond donors (Lipinski definition) is 1. The Labute approximate surface area is 263 Å². The van der Waals surface area contributed by atoms with E-state index in [1.807, 2.05) is 0 Å². The zero-order valence-electron chi connectivity index (χ0n) is 25.3. The molecule has 9 atom stereocenters. The maximum atomic E-state index is 17.7. The van der Waals surface area contributed by atoms with Crippen LogP contribution in [-0.2, 0) is 19.1 Å². The van der Waals surface area contributed by atoms with Gasteiger partial charge >= 0.3 is 5.97 Å². The third-order valence-corrected chi connectivity index (χ3v) is 12.7. The molecular weight excluding hydrogens is 612 g/mol. The Hall–Kier alpha value is -2.79. The highest BCUT2D eigenvalue weighted by atomic mass is 32.2. The van der Waals surface area contributed by atoms with Crippen LogP contribution in [-0.4, -0.2) is 57.1 Å². The number of ether oxygens (including phenoxy) is 1. The number of hydrogen-bond acceptors (Lipinski definition) is 7. The van der Waals surface area contributed by atoms with Gasteiger partial charge in [0.2, 0.25) is 5.12 Å². The van der Waals surface area contributed by atoms with Crippen LogP contribution in [0.4, 0.5) is 17.6 Å². The predicted molar refractivity (Wildman–Crippen MR) is 157 cm³/mol. The van der Waals surface area contributed by atoms with E-state index in [1.165, 1.54) is 19.1 Å². The van der Waals surface area contributed by atoms with Crippen molar-refractivity contribution in [1.82, 2.24) is 0 Å². The van der Waals surface area contributed by atoms with E-state index in [0.29, 0.717) is 30.7 Å².